The number of aromatic nitrogens is 2. The van der Waals surface area contributed by atoms with E-state index in [4.69, 9.17) is 16.3 Å². The van der Waals surface area contributed by atoms with Crippen LogP contribution in [0.1, 0.15) is 55.8 Å². The van der Waals surface area contributed by atoms with E-state index in [2.05, 4.69) is 21.2 Å². The Morgan fingerprint density at radius 1 is 1.23 bits per heavy atom. The summed E-state index contributed by atoms with van der Waals surface area (Å²) in [5.41, 5.74) is 2.17. The van der Waals surface area contributed by atoms with Crippen molar-refractivity contribution in [3.63, 3.8) is 0 Å². The first kappa shape index (κ1) is 22.2. The fourth-order valence-electron chi connectivity index (χ4n) is 4.72. The molecule has 2 aromatic rings. The third-order valence-electron chi connectivity index (χ3n) is 6.67. The normalized spacial score (nSPS) is 20.1. The number of amides is 1. The van der Waals surface area contributed by atoms with Crippen LogP contribution in [0.3, 0.4) is 0 Å². The lowest BCUT2D eigenvalue weighted by atomic mass is 9.94. The van der Waals surface area contributed by atoms with Gasteiger partial charge in [0.25, 0.3) is 0 Å². The molecule has 4 rings (SSSR count). The average Bonchev–Trinajstić information content (AvgIpc) is 3.45. The van der Waals surface area contributed by atoms with Gasteiger partial charge in [-0.05, 0) is 56.1 Å². The molecular formula is C24H33ClN4O2. The molecule has 1 saturated carbocycles. The number of nitrogens with one attached hydrogen (secondary N) is 1. The van der Waals surface area contributed by atoms with Crippen molar-refractivity contribution >= 4 is 17.5 Å². The van der Waals surface area contributed by atoms with E-state index in [1.807, 2.05) is 36.2 Å². The van der Waals surface area contributed by atoms with Crippen LogP contribution in [0, 0.1) is 0 Å². The number of nitrogens with zero attached hydrogens (tertiary/aromatic N) is 3. The van der Waals surface area contributed by atoms with E-state index in [1.54, 1.807) is 0 Å². The number of carbonyl (C=O) groups excluding carboxylic acids is 1. The second kappa shape index (κ2) is 10.5. The fourth-order valence-corrected chi connectivity index (χ4v) is 4.84. The number of likely N-dealkylation sites (N-methyl/N-ethyl adjacent to an activating group) is 1. The van der Waals surface area contributed by atoms with Crippen LogP contribution in [-0.4, -0.2) is 65.2 Å². The molecule has 6 nitrogen and oxygen atoms in total. The second-order valence-corrected chi connectivity index (χ2v) is 9.32. The smallest absolute Gasteiger partial charge is 0.236 e. The van der Waals surface area contributed by atoms with Crippen molar-refractivity contribution in [2.24, 2.45) is 0 Å². The quantitative estimate of drug-likeness (QED) is 0.660. The van der Waals surface area contributed by atoms with Gasteiger partial charge in [0.15, 0.2) is 0 Å². The number of H-pyrrole nitrogens is 1. The van der Waals surface area contributed by atoms with E-state index in [-0.39, 0.29) is 5.91 Å². The van der Waals surface area contributed by atoms with Crippen LogP contribution < -0.4 is 4.74 Å². The zero-order valence-electron chi connectivity index (χ0n) is 18.4. The Kier molecular flexibility index (Phi) is 7.51. The van der Waals surface area contributed by atoms with Gasteiger partial charge in [0.2, 0.25) is 5.91 Å². The molecule has 7 heteroatoms. The molecule has 1 N–H and O–H groups in total. The zero-order chi connectivity index (χ0) is 21.6. The topological polar surface area (TPSA) is 61.5 Å². The van der Waals surface area contributed by atoms with Crippen LogP contribution in [0.2, 0.25) is 5.02 Å². The zero-order valence-corrected chi connectivity index (χ0v) is 19.1. The first-order valence-corrected chi connectivity index (χ1v) is 11.9. The van der Waals surface area contributed by atoms with E-state index in [0.717, 1.165) is 55.9 Å². The fraction of sp³-hybridized carbons (Fsp3) is 0.583. The van der Waals surface area contributed by atoms with Gasteiger partial charge in [-0.2, -0.15) is 5.10 Å². The van der Waals surface area contributed by atoms with Gasteiger partial charge in [-0.1, -0.05) is 30.9 Å². The third kappa shape index (κ3) is 6.01. The predicted molar refractivity (Wildman–Crippen MR) is 123 cm³/mol. The van der Waals surface area contributed by atoms with Crippen LogP contribution in [0.15, 0.2) is 30.3 Å². The van der Waals surface area contributed by atoms with Gasteiger partial charge in [-0.25, -0.2) is 0 Å². The van der Waals surface area contributed by atoms with E-state index in [0.29, 0.717) is 30.1 Å². The second-order valence-electron chi connectivity index (χ2n) is 8.89. The molecule has 1 unspecified atom stereocenters. The number of carbonyl (C=O) groups is 1. The summed E-state index contributed by atoms with van der Waals surface area (Å²) in [5, 5.41) is 8.39. The van der Waals surface area contributed by atoms with Gasteiger partial charge >= 0.3 is 0 Å². The van der Waals surface area contributed by atoms with Crippen molar-refractivity contribution in [3.8, 4) is 5.75 Å². The van der Waals surface area contributed by atoms with Crippen LogP contribution in [0.25, 0.3) is 0 Å². The van der Waals surface area contributed by atoms with Crippen molar-refractivity contribution < 1.29 is 9.53 Å². The summed E-state index contributed by atoms with van der Waals surface area (Å²) in [5.74, 6) is 1.46. The summed E-state index contributed by atoms with van der Waals surface area (Å²) < 4.78 is 5.78. The van der Waals surface area contributed by atoms with Crippen molar-refractivity contribution in [1.29, 1.82) is 0 Å². The monoisotopic (exact) mass is 444 g/mol. The molecule has 2 heterocycles. The van der Waals surface area contributed by atoms with E-state index < -0.39 is 0 Å². The molecular weight excluding hydrogens is 412 g/mol. The number of aromatic amines is 1. The van der Waals surface area contributed by atoms with Gasteiger partial charge < -0.3 is 9.64 Å². The molecule has 1 aromatic heterocycles. The van der Waals surface area contributed by atoms with E-state index in [9.17, 15) is 4.79 Å². The molecule has 1 aromatic carbocycles. The highest BCUT2D eigenvalue weighted by atomic mass is 35.5. The Morgan fingerprint density at radius 2 is 2.00 bits per heavy atom. The molecule has 2 fully saturated rings. The lowest BCUT2D eigenvalue weighted by molar-refractivity contribution is -0.133. The van der Waals surface area contributed by atoms with Crippen LogP contribution >= 0.6 is 11.6 Å². The molecule has 0 spiro atoms. The number of likely N-dealkylation sites (tertiary alicyclic amines) is 1. The Morgan fingerprint density at radius 3 is 2.77 bits per heavy atom. The molecule has 1 atom stereocenters. The number of rotatable bonds is 8. The highest BCUT2D eigenvalue weighted by Crippen LogP contribution is 2.27. The third-order valence-corrected chi connectivity index (χ3v) is 6.92. The number of hydrogen-bond donors (Lipinski definition) is 1. The summed E-state index contributed by atoms with van der Waals surface area (Å²) in [6.07, 6.45) is 7.94. The molecule has 1 amide bonds. The molecule has 168 valence electrons. The Labute approximate surface area is 189 Å². The average molecular weight is 445 g/mol. The van der Waals surface area contributed by atoms with E-state index >= 15 is 0 Å². The molecule has 1 aliphatic carbocycles. The lowest BCUT2D eigenvalue weighted by Crippen LogP contribution is -2.43. The van der Waals surface area contributed by atoms with E-state index in [1.165, 1.54) is 19.3 Å². The molecule has 0 radical (unpaired) electrons. The summed E-state index contributed by atoms with van der Waals surface area (Å²) >= 11 is 5.90. The first-order valence-electron chi connectivity index (χ1n) is 11.5. The standard InChI is InChI=1S/C24H33ClN4O2/c1-28(21-5-3-2-4-6-21)24(30)17-29-13-11-18(16-29)23-15-20(26-27-23)12-14-31-22-9-7-19(25)8-10-22/h7-10,15,18,21H,2-6,11-14,16-17H2,1H3,(H,26,27). The molecule has 1 aliphatic heterocycles. The maximum Gasteiger partial charge on any atom is 0.236 e. The predicted octanol–water partition coefficient (Wildman–Crippen LogP) is 4.27. The number of hydrogen-bond acceptors (Lipinski definition) is 4. The van der Waals surface area contributed by atoms with Crippen molar-refractivity contribution in [3.05, 3.63) is 46.7 Å². The minimum absolute atomic E-state index is 0.259. The van der Waals surface area contributed by atoms with Crippen LogP contribution in [0.4, 0.5) is 0 Å². The van der Waals surface area contributed by atoms with Crippen molar-refractivity contribution in [2.75, 3.05) is 33.3 Å². The highest BCUT2D eigenvalue weighted by molar-refractivity contribution is 6.30. The number of ether oxygens (including phenoxy) is 1. The summed E-state index contributed by atoms with van der Waals surface area (Å²) in [4.78, 5) is 17.0. The first-order chi connectivity index (χ1) is 15.1. The highest BCUT2D eigenvalue weighted by Gasteiger charge is 2.29. The maximum absolute atomic E-state index is 12.7. The largest absolute Gasteiger partial charge is 0.493 e. The minimum atomic E-state index is 0.259. The summed E-state index contributed by atoms with van der Waals surface area (Å²) in [6.45, 7) is 2.96. The Hall–Kier alpha value is -2.05. The van der Waals surface area contributed by atoms with Gasteiger partial charge in [-0.15, -0.1) is 0 Å². The number of halogens is 1. The minimum Gasteiger partial charge on any atom is -0.493 e. The summed E-state index contributed by atoms with van der Waals surface area (Å²) in [7, 11) is 1.98. The van der Waals surface area contributed by atoms with Gasteiger partial charge in [0.05, 0.1) is 18.8 Å². The Balaban J connectivity index is 1.21. The van der Waals surface area contributed by atoms with Gasteiger partial charge in [-0.3, -0.25) is 14.8 Å². The Bertz CT molecular complexity index is 848. The lowest BCUT2D eigenvalue weighted by Gasteiger charge is -2.32. The molecule has 0 bridgehead atoms. The summed E-state index contributed by atoms with van der Waals surface area (Å²) in [6, 6.07) is 9.99. The van der Waals surface area contributed by atoms with Crippen molar-refractivity contribution in [2.45, 2.75) is 56.9 Å². The molecule has 1 saturated heterocycles. The van der Waals surface area contributed by atoms with Crippen LogP contribution in [-0.2, 0) is 11.2 Å². The SMILES string of the molecule is CN(C(=O)CN1CCC(c2cc(CCOc3ccc(Cl)cc3)[nH]n2)C1)C1CCCCC1. The number of benzene rings is 1. The van der Waals surface area contributed by atoms with Crippen molar-refractivity contribution in [1.82, 2.24) is 20.0 Å². The molecule has 31 heavy (non-hydrogen) atoms. The van der Waals surface area contributed by atoms with Gasteiger partial charge in [0.1, 0.15) is 5.75 Å². The maximum atomic E-state index is 12.7. The molecule has 2 aliphatic rings. The van der Waals surface area contributed by atoms with Crippen LogP contribution in [0.5, 0.6) is 5.75 Å². The van der Waals surface area contributed by atoms with Gasteiger partial charge in [0, 0.05) is 42.7 Å².